The number of fused-ring (bicyclic) bond motifs is 1. The Balaban J connectivity index is 1.30. The highest BCUT2D eigenvalue weighted by Gasteiger charge is 2.37. The van der Waals surface area contributed by atoms with Crippen LogP contribution in [0.25, 0.3) is 10.8 Å². The molecule has 4 heterocycles. The van der Waals surface area contributed by atoms with Crippen LogP contribution < -0.4 is 10.2 Å². The van der Waals surface area contributed by atoms with Gasteiger partial charge in [-0.2, -0.15) is 0 Å². The third-order valence-electron chi connectivity index (χ3n) is 7.94. The molecule has 0 saturated carbocycles. The number of nitrogens with zero attached hydrogens (tertiary/aromatic N) is 3. The molecule has 0 unspecified atom stereocenters. The lowest BCUT2D eigenvalue weighted by Gasteiger charge is -2.44. The lowest BCUT2D eigenvalue weighted by Crippen LogP contribution is -2.56. The zero-order valence-electron chi connectivity index (χ0n) is 21.0. The third kappa shape index (κ3) is 4.79. The fourth-order valence-corrected chi connectivity index (χ4v) is 5.78. The van der Waals surface area contributed by atoms with Gasteiger partial charge < -0.3 is 19.7 Å². The van der Waals surface area contributed by atoms with Gasteiger partial charge in [0.1, 0.15) is 5.82 Å². The van der Waals surface area contributed by atoms with Gasteiger partial charge in [0, 0.05) is 68.1 Å². The number of amides is 1. The Morgan fingerprint density at radius 1 is 1.09 bits per heavy atom. The van der Waals surface area contributed by atoms with Crippen LogP contribution in [0.5, 0.6) is 0 Å². The second kappa shape index (κ2) is 9.10. The van der Waals surface area contributed by atoms with E-state index in [0.29, 0.717) is 12.4 Å². The van der Waals surface area contributed by atoms with Crippen molar-refractivity contribution in [3.63, 3.8) is 0 Å². The summed E-state index contributed by atoms with van der Waals surface area (Å²) < 4.78 is 11.4. The van der Waals surface area contributed by atoms with E-state index in [0.717, 1.165) is 69.4 Å². The molecule has 5 rings (SSSR count). The number of aromatic nitrogens is 1. The Hall–Kier alpha value is -2.22. The van der Waals surface area contributed by atoms with Crippen LogP contribution in [-0.2, 0) is 14.3 Å². The number of hydrogen-bond acceptors (Lipinski definition) is 6. The van der Waals surface area contributed by atoms with Gasteiger partial charge in [-0.3, -0.25) is 9.69 Å². The van der Waals surface area contributed by atoms with Crippen molar-refractivity contribution in [3.8, 4) is 0 Å². The molecule has 0 radical (unpaired) electrons. The van der Waals surface area contributed by atoms with Gasteiger partial charge in [0.15, 0.2) is 0 Å². The van der Waals surface area contributed by atoms with Crippen molar-refractivity contribution < 1.29 is 14.3 Å². The molecule has 3 saturated heterocycles. The topological polar surface area (TPSA) is 66.9 Å². The minimum absolute atomic E-state index is 0.0380. The van der Waals surface area contributed by atoms with Crippen molar-refractivity contribution in [2.24, 2.45) is 5.92 Å². The van der Waals surface area contributed by atoms with E-state index in [-0.39, 0.29) is 23.0 Å². The number of anilines is 2. The summed E-state index contributed by atoms with van der Waals surface area (Å²) in [5, 5.41) is 5.26. The number of benzene rings is 1. The highest BCUT2D eigenvalue weighted by molar-refractivity contribution is 5.95. The van der Waals surface area contributed by atoms with Gasteiger partial charge in [0.05, 0.1) is 12.2 Å². The van der Waals surface area contributed by atoms with Crippen LogP contribution in [0.4, 0.5) is 11.5 Å². The lowest BCUT2D eigenvalue weighted by atomic mass is 9.88. The molecule has 1 aromatic heterocycles. The van der Waals surface area contributed by atoms with Gasteiger partial charge in [-0.25, -0.2) is 4.98 Å². The van der Waals surface area contributed by atoms with Crippen LogP contribution in [-0.4, -0.2) is 72.9 Å². The molecule has 3 fully saturated rings. The van der Waals surface area contributed by atoms with E-state index in [1.165, 1.54) is 11.3 Å². The maximum absolute atomic E-state index is 12.9. The first-order chi connectivity index (χ1) is 16.2. The van der Waals surface area contributed by atoms with Crippen LogP contribution in [0.2, 0.25) is 0 Å². The van der Waals surface area contributed by atoms with Gasteiger partial charge in [-0.15, -0.1) is 0 Å². The molecule has 0 bridgehead atoms. The molecule has 1 aromatic carbocycles. The molecule has 34 heavy (non-hydrogen) atoms. The highest BCUT2D eigenvalue weighted by atomic mass is 16.5. The third-order valence-corrected chi connectivity index (χ3v) is 7.94. The summed E-state index contributed by atoms with van der Waals surface area (Å²) in [4.78, 5) is 22.5. The number of hydrogen-bond donors (Lipinski definition) is 1. The molecule has 2 aromatic rings. The predicted octanol–water partition coefficient (Wildman–Crippen LogP) is 3.99. The number of carbonyl (C=O) groups is 1. The minimum atomic E-state index is -0.254. The molecule has 184 valence electrons. The van der Waals surface area contributed by atoms with Crippen molar-refractivity contribution in [3.05, 3.63) is 30.0 Å². The molecule has 3 aliphatic rings. The molecule has 1 amide bonds. The number of pyridine rings is 1. The normalized spacial score (nSPS) is 27.8. The van der Waals surface area contributed by atoms with Gasteiger partial charge in [0.2, 0.25) is 5.91 Å². The summed E-state index contributed by atoms with van der Waals surface area (Å²) in [6.45, 7) is 15.1. The van der Waals surface area contributed by atoms with Crippen LogP contribution >= 0.6 is 0 Å². The average molecular weight is 467 g/mol. The first-order valence-corrected chi connectivity index (χ1v) is 12.7. The number of ether oxygens (including phenoxy) is 2. The van der Waals surface area contributed by atoms with Crippen molar-refractivity contribution in [1.82, 2.24) is 9.88 Å². The van der Waals surface area contributed by atoms with E-state index in [1.54, 1.807) is 0 Å². The maximum Gasteiger partial charge on any atom is 0.228 e. The molecule has 7 nitrogen and oxygen atoms in total. The summed E-state index contributed by atoms with van der Waals surface area (Å²) in [6, 6.07) is 6.48. The van der Waals surface area contributed by atoms with Crippen LogP contribution in [0.1, 0.15) is 45.6 Å². The smallest absolute Gasteiger partial charge is 0.228 e. The molecule has 2 atom stereocenters. The summed E-state index contributed by atoms with van der Waals surface area (Å²) in [7, 11) is 0. The van der Waals surface area contributed by atoms with Gasteiger partial charge in [-0.05, 0) is 76.1 Å². The Morgan fingerprint density at radius 2 is 1.88 bits per heavy atom. The van der Waals surface area contributed by atoms with Gasteiger partial charge in [-0.1, -0.05) is 0 Å². The lowest BCUT2D eigenvalue weighted by molar-refractivity contribution is -0.130. The Morgan fingerprint density at radius 3 is 2.59 bits per heavy atom. The Labute approximate surface area is 202 Å². The maximum atomic E-state index is 12.9. The molecule has 0 spiro atoms. The zero-order chi connectivity index (χ0) is 23.9. The van der Waals surface area contributed by atoms with Crippen molar-refractivity contribution in [2.45, 2.75) is 58.1 Å². The van der Waals surface area contributed by atoms with E-state index >= 15 is 0 Å². The number of piperazine rings is 1. The number of nitrogens with one attached hydrogen (secondary N) is 1. The van der Waals surface area contributed by atoms with Gasteiger partial charge >= 0.3 is 0 Å². The predicted molar refractivity (Wildman–Crippen MR) is 135 cm³/mol. The Kier molecular flexibility index (Phi) is 6.29. The van der Waals surface area contributed by atoms with Crippen LogP contribution in [0, 0.1) is 12.8 Å². The first kappa shape index (κ1) is 23.5. The van der Waals surface area contributed by atoms with E-state index < -0.39 is 0 Å². The van der Waals surface area contributed by atoms with E-state index in [9.17, 15) is 4.79 Å². The fourth-order valence-electron chi connectivity index (χ4n) is 5.78. The molecule has 3 aliphatic heterocycles. The number of rotatable bonds is 4. The Bertz CT molecular complexity index is 1060. The SMILES string of the molecule is Cc1cc2cnc(NC(=O)[C@@H]3CCOC(C)(C)C3)cc2cc1N1CCN([C@@]2(C)CCOC2)CC1. The summed E-state index contributed by atoms with van der Waals surface area (Å²) >= 11 is 0. The standard InChI is InChI=1S/C27H38N4O3/c1-19-13-22-17-28-24(29-25(32)20-5-11-34-26(2,3)16-20)15-21(22)14-23(19)30-7-9-31(10-8-30)27(4)6-12-33-18-27/h13-15,17,20H,5-12,16,18H2,1-4H3,(H,28,29,32)/t20-,27+/m1/s1. The first-order valence-electron chi connectivity index (χ1n) is 12.7. The summed E-state index contributed by atoms with van der Waals surface area (Å²) in [6.07, 6.45) is 4.47. The van der Waals surface area contributed by atoms with E-state index in [4.69, 9.17) is 9.47 Å². The quantitative estimate of drug-likeness (QED) is 0.735. The monoisotopic (exact) mass is 466 g/mol. The second-order valence-corrected chi connectivity index (χ2v) is 11.1. The minimum Gasteiger partial charge on any atom is -0.379 e. The summed E-state index contributed by atoms with van der Waals surface area (Å²) in [5.41, 5.74) is 2.47. The molecule has 1 N–H and O–H groups in total. The molecular weight excluding hydrogens is 428 g/mol. The molecule has 0 aliphatic carbocycles. The summed E-state index contributed by atoms with van der Waals surface area (Å²) in [5.74, 6) is 0.616. The van der Waals surface area contributed by atoms with E-state index in [2.05, 4.69) is 46.1 Å². The fraction of sp³-hybridized carbons (Fsp3) is 0.630. The number of aryl methyl sites for hydroxylation is 1. The zero-order valence-corrected chi connectivity index (χ0v) is 21.0. The highest BCUT2D eigenvalue weighted by Crippen LogP contribution is 2.32. The van der Waals surface area contributed by atoms with Crippen molar-refractivity contribution >= 4 is 28.2 Å². The molecular formula is C27H38N4O3. The molecule has 7 heteroatoms. The average Bonchev–Trinajstić information content (AvgIpc) is 3.26. The van der Waals surface area contributed by atoms with Gasteiger partial charge in [0.25, 0.3) is 0 Å². The van der Waals surface area contributed by atoms with Crippen LogP contribution in [0.15, 0.2) is 24.4 Å². The largest absolute Gasteiger partial charge is 0.379 e. The van der Waals surface area contributed by atoms with E-state index in [1.807, 2.05) is 26.1 Å². The number of carbonyl (C=O) groups excluding carboxylic acids is 1. The van der Waals surface area contributed by atoms with Crippen molar-refractivity contribution in [2.75, 3.05) is 56.2 Å². The van der Waals surface area contributed by atoms with Crippen molar-refractivity contribution in [1.29, 1.82) is 0 Å². The van der Waals surface area contributed by atoms with Crippen LogP contribution in [0.3, 0.4) is 0 Å². The second-order valence-electron chi connectivity index (χ2n) is 11.1.